The van der Waals surface area contributed by atoms with Crippen molar-refractivity contribution in [2.24, 2.45) is 5.10 Å². The van der Waals surface area contributed by atoms with Gasteiger partial charge in [-0.3, -0.25) is 14.9 Å². The summed E-state index contributed by atoms with van der Waals surface area (Å²) in [4.78, 5) is 22.2. The van der Waals surface area contributed by atoms with E-state index >= 15 is 0 Å². The molecule has 0 fully saturated rings. The monoisotopic (exact) mass is 412 g/mol. The third kappa shape index (κ3) is 5.20. The highest BCUT2D eigenvalue weighted by molar-refractivity contribution is 6.31. The van der Waals surface area contributed by atoms with E-state index in [9.17, 15) is 14.9 Å². The largest absolute Gasteiger partial charge is 0.484 e. The number of aryl methyl sites for hydroxylation is 1. The summed E-state index contributed by atoms with van der Waals surface area (Å²) in [7, 11) is 0. The van der Waals surface area contributed by atoms with E-state index in [4.69, 9.17) is 16.3 Å². The first kappa shape index (κ1) is 20.1. The number of hydrazone groups is 1. The highest BCUT2D eigenvalue weighted by atomic mass is 35.5. The van der Waals surface area contributed by atoms with Gasteiger partial charge >= 0.3 is 0 Å². The molecule has 1 amide bonds. The van der Waals surface area contributed by atoms with Gasteiger partial charge in [0.05, 0.1) is 16.8 Å². The number of aromatic nitrogens is 1. The highest BCUT2D eigenvalue weighted by Gasteiger charge is 2.07. The lowest BCUT2D eigenvalue weighted by Gasteiger charge is -2.07. The van der Waals surface area contributed by atoms with E-state index in [0.29, 0.717) is 16.5 Å². The third-order valence-electron chi connectivity index (χ3n) is 4.00. The standard InChI is InChI=1S/C20H17ClN4O4/c1-14-11-18(8-9-19(14)21)29-13-20(26)23-22-12-17-3-2-10-24(17)15-4-6-16(7-5-15)25(27)28/h2-12H,13H2,1H3,(H,23,26). The number of nitrogens with zero attached hydrogens (tertiary/aromatic N) is 3. The fraction of sp³-hybridized carbons (Fsp3) is 0.100. The van der Waals surface area contributed by atoms with Crippen molar-refractivity contribution >= 4 is 29.4 Å². The molecule has 0 aliphatic carbocycles. The van der Waals surface area contributed by atoms with Gasteiger partial charge < -0.3 is 9.30 Å². The number of halogens is 1. The van der Waals surface area contributed by atoms with Crippen LogP contribution in [-0.2, 0) is 4.79 Å². The topological polar surface area (TPSA) is 98.8 Å². The number of nitro benzene ring substituents is 1. The molecule has 3 aromatic rings. The van der Waals surface area contributed by atoms with Gasteiger partial charge in [-0.15, -0.1) is 0 Å². The predicted molar refractivity (Wildman–Crippen MR) is 110 cm³/mol. The maximum Gasteiger partial charge on any atom is 0.277 e. The number of rotatable bonds is 7. The Balaban J connectivity index is 1.58. The molecule has 0 radical (unpaired) electrons. The van der Waals surface area contributed by atoms with Crippen LogP contribution in [0.2, 0.25) is 5.02 Å². The van der Waals surface area contributed by atoms with Crippen LogP contribution in [0, 0.1) is 17.0 Å². The number of nitrogens with one attached hydrogen (secondary N) is 1. The second kappa shape index (κ2) is 9.03. The Bertz CT molecular complexity index is 1060. The molecule has 0 saturated carbocycles. The van der Waals surface area contributed by atoms with Crippen molar-refractivity contribution in [3.8, 4) is 11.4 Å². The van der Waals surface area contributed by atoms with Crippen LogP contribution in [-0.4, -0.2) is 28.2 Å². The van der Waals surface area contributed by atoms with Gasteiger partial charge in [-0.05, 0) is 55.0 Å². The lowest BCUT2D eigenvalue weighted by atomic mass is 10.2. The molecule has 9 heteroatoms. The average molecular weight is 413 g/mol. The molecule has 0 saturated heterocycles. The Morgan fingerprint density at radius 2 is 2.03 bits per heavy atom. The van der Waals surface area contributed by atoms with Gasteiger partial charge in [0.25, 0.3) is 11.6 Å². The first-order valence-electron chi connectivity index (χ1n) is 8.57. The molecule has 3 rings (SSSR count). The molecule has 0 bridgehead atoms. The minimum Gasteiger partial charge on any atom is -0.484 e. The van der Waals surface area contributed by atoms with Gasteiger partial charge in [0.1, 0.15) is 5.75 Å². The number of hydrogen-bond donors (Lipinski definition) is 1. The van der Waals surface area contributed by atoms with Crippen LogP contribution in [0.4, 0.5) is 5.69 Å². The Hall–Kier alpha value is -3.65. The van der Waals surface area contributed by atoms with Crippen molar-refractivity contribution in [3.63, 3.8) is 0 Å². The fourth-order valence-electron chi connectivity index (χ4n) is 2.53. The van der Waals surface area contributed by atoms with Crippen LogP contribution in [0.1, 0.15) is 11.3 Å². The Labute approximate surface area is 171 Å². The van der Waals surface area contributed by atoms with Crippen LogP contribution >= 0.6 is 11.6 Å². The molecule has 1 aromatic heterocycles. The number of ether oxygens (including phenoxy) is 1. The van der Waals surface area contributed by atoms with Crippen molar-refractivity contribution in [1.29, 1.82) is 0 Å². The van der Waals surface area contributed by atoms with Crippen molar-refractivity contribution < 1.29 is 14.5 Å². The first-order chi connectivity index (χ1) is 13.9. The van der Waals surface area contributed by atoms with Gasteiger partial charge in [-0.25, -0.2) is 5.43 Å². The minimum absolute atomic E-state index is 0.0132. The maximum atomic E-state index is 11.9. The van der Waals surface area contributed by atoms with E-state index in [1.807, 2.05) is 6.92 Å². The summed E-state index contributed by atoms with van der Waals surface area (Å²) >= 11 is 5.95. The Morgan fingerprint density at radius 3 is 2.72 bits per heavy atom. The van der Waals surface area contributed by atoms with Gasteiger partial charge in [0, 0.05) is 29.0 Å². The average Bonchev–Trinajstić information content (AvgIpc) is 3.17. The first-order valence-corrected chi connectivity index (χ1v) is 8.95. The summed E-state index contributed by atoms with van der Waals surface area (Å²) in [5, 5.41) is 15.3. The van der Waals surface area contributed by atoms with E-state index < -0.39 is 10.8 Å². The highest BCUT2D eigenvalue weighted by Crippen LogP contribution is 2.21. The Kier molecular flexibility index (Phi) is 6.25. The molecule has 8 nitrogen and oxygen atoms in total. The van der Waals surface area contributed by atoms with Crippen LogP contribution in [0.15, 0.2) is 65.9 Å². The molecule has 29 heavy (non-hydrogen) atoms. The molecular formula is C20H17ClN4O4. The summed E-state index contributed by atoms with van der Waals surface area (Å²) in [5.41, 5.74) is 4.69. The smallest absolute Gasteiger partial charge is 0.277 e. The summed E-state index contributed by atoms with van der Waals surface area (Å²) in [6, 6.07) is 14.8. The van der Waals surface area contributed by atoms with E-state index in [-0.39, 0.29) is 12.3 Å². The molecule has 0 aliphatic heterocycles. The number of benzene rings is 2. The predicted octanol–water partition coefficient (Wildman–Crippen LogP) is 3.88. The second-order valence-electron chi connectivity index (χ2n) is 6.07. The summed E-state index contributed by atoms with van der Waals surface area (Å²) in [6.45, 7) is 1.65. The van der Waals surface area contributed by atoms with Crippen LogP contribution in [0.5, 0.6) is 5.75 Å². The van der Waals surface area contributed by atoms with Gasteiger partial charge in [0.15, 0.2) is 6.61 Å². The molecule has 1 N–H and O–H groups in total. The van der Waals surface area contributed by atoms with Crippen LogP contribution in [0.25, 0.3) is 5.69 Å². The number of non-ortho nitro benzene ring substituents is 1. The van der Waals surface area contributed by atoms with Crippen molar-refractivity contribution in [1.82, 2.24) is 9.99 Å². The summed E-state index contributed by atoms with van der Waals surface area (Å²) in [6.07, 6.45) is 3.27. The lowest BCUT2D eigenvalue weighted by Crippen LogP contribution is -2.24. The van der Waals surface area contributed by atoms with E-state index in [2.05, 4.69) is 10.5 Å². The van der Waals surface area contributed by atoms with Gasteiger partial charge in [-0.2, -0.15) is 5.10 Å². The number of carbonyl (C=O) groups is 1. The molecule has 1 heterocycles. The van der Waals surface area contributed by atoms with Gasteiger partial charge in [-0.1, -0.05) is 11.6 Å². The number of carbonyl (C=O) groups excluding carboxylic acids is 1. The van der Waals surface area contributed by atoms with Crippen molar-refractivity contribution in [3.05, 3.63) is 87.2 Å². The molecule has 2 aromatic carbocycles. The molecular weight excluding hydrogens is 396 g/mol. The molecule has 0 atom stereocenters. The summed E-state index contributed by atoms with van der Waals surface area (Å²) < 4.78 is 7.19. The van der Waals surface area contributed by atoms with Crippen molar-refractivity contribution in [2.75, 3.05) is 6.61 Å². The zero-order valence-corrected chi connectivity index (χ0v) is 16.2. The van der Waals surface area contributed by atoms with Gasteiger partial charge in [0.2, 0.25) is 0 Å². The quantitative estimate of drug-likeness (QED) is 0.361. The fourth-order valence-corrected chi connectivity index (χ4v) is 2.65. The number of nitro groups is 1. The Morgan fingerprint density at radius 1 is 1.28 bits per heavy atom. The summed E-state index contributed by atoms with van der Waals surface area (Å²) in [5.74, 6) is 0.125. The van der Waals surface area contributed by atoms with Crippen molar-refractivity contribution in [2.45, 2.75) is 6.92 Å². The van der Waals surface area contributed by atoms with E-state index in [1.165, 1.54) is 18.3 Å². The van der Waals surface area contributed by atoms with Crippen LogP contribution in [0.3, 0.4) is 0 Å². The second-order valence-corrected chi connectivity index (χ2v) is 6.48. The number of hydrogen-bond acceptors (Lipinski definition) is 5. The maximum absolute atomic E-state index is 11.9. The number of amides is 1. The zero-order chi connectivity index (χ0) is 20.8. The van der Waals surface area contributed by atoms with Crippen LogP contribution < -0.4 is 10.2 Å². The molecule has 148 valence electrons. The van der Waals surface area contributed by atoms with E-state index in [1.54, 1.807) is 53.2 Å². The molecule has 0 spiro atoms. The third-order valence-corrected chi connectivity index (χ3v) is 4.43. The lowest BCUT2D eigenvalue weighted by molar-refractivity contribution is -0.384. The zero-order valence-electron chi connectivity index (χ0n) is 15.4. The normalized spacial score (nSPS) is 10.8. The molecule has 0 unspecified atom stereocenters. The molecule has 0 aliphatic rings. The SMILES string of the molecule is Cc1cc(OCC(=O)NN=Cc2cccn2-c2ccc([N+](=O)[O-])cc2)ccc1Cl. The van der Waals surface area contributed by atoms with E-state index in [0.717, 1.165) is 11.3 Å². The minimum atomic E-state index is -0.454.